The molecule has 1 amide bonds. The van der Waals surface area contributed by atoms with E-state index < -0.39 is 0 Å². The number of hydrogen-bond donors (Lipinski definition) is 2. The van der Waals surface area contributed by atoms with Gasteiger partial charge in [0.25, 0.3) is 0 Å². The number of aryl methyl sites for hydroxylation is 1. The van der Waals surface area contributed by atoms with Gasteiger partial charge in [0.05, 0.1) is 0 Å². The molecule has 0 aromatic heterocycles. The van der Waals surface area contributed by atoms with Gasteiger partial charge in [0.2, 0.25) is 5.91 Å². The van der Waals surface area contributed by atoms with E-state index in [1.165, 1.54) is 38.5 Å². The Kier molecular flexibility index (Phi) is 5.05. The van der Waals surface area contributed by atoms with Crippen molar-refractivity contribution in [2.45, 2.75) is 58.8 Å². The number of benzene rings is 1. The largest absolute Gasteiger partial charge is 0.398 e. The molecule has 1 aliphatic carbocycles. The Hall–Kier alpha value is -1.51. The van der Waals surface area contributed by atoms with E-state index in [4.69, 9.17) is 5.73 Å². The standard InChI is InChI=1S/C17H26N2O/c1-12-9-10-15(18)13(2)17(12)19-16(20)11-14-7-5-3-4-6-8-14/h9-10,14H,3-8,11,18H2,1-2H3,(H,19,20). The molecule has 3 heteroatoms. The third-order valence-electron chi connectivity index (χ3n) is 4.43. The van der Waals surface area contributed by atoms with Gasteiger partial charge in [-0.05, 0) is 49.8 Å². The van der Waals surface area contributed by atoms with Crippen LogP contribution >= 0.6 is 0 Å². The molecule has 1 fully saturated rings. The van der Waals surface area contributed by atoms with Crippen molar-refractivity contribution in [3.63, 3.8) is 0 Å². The molecule has 1 aromatic carbocycles. The van der Waals surface area contributed by atoms with Crippen molar-refractivity contribution in [3.05, 3.63) is 23.3 Å². The molecule has 3 N–H and O–H groups in total. The molecule has 0 bridgehead atoms. The third-order valence-corrected chi connectivity index (χ3v) is 4.43. The normalized spacial score (nSPS) is 16.7. The predicted octanol–water partition coefficient (Wildman–Crippen LogP) is 4.18. The van der Waals surface area contributed by atoms with Gasteiger partial charge in [-0.15, -0.1) is 0 Å². The van der Waals surface area contributed by atoms with Crippen molar-refractivity contribution in [3.8, 4) is 0 Å². The van der Waals surface area contributed by atoms with Crippen LogP contribution in [-0.2, 0) is 4.79 Å². The number of nitrogens with two attached hydrogens (primary N) is 1. The van der Waals surface area contributed by atoms with Crippen LogP contribution in [0.5, 0.6) is 0 Å². The van der Waals surface area contributed by atoms with Crippen molar-refractivity contribution >= 4 is 17.3 Å². The first-order valence-corrected chi connectivity index (χ1v) is 7.73. The summed E-state index contributed by atoms with van der Waals surface area (Å²) in [6.45, 7) is 3.97. The lowest BCUT2D eigenvalue weighted by Gasteiger charge is -2.16. The average Bonchev–Trinajstić information content (AvgIpc) is 2.68. The number of anilines is 2. The Balaban J connectivity index is 1.99. The number of rotatable bonds is 3. The highest BCUT2D eigenvalue weighted by Gasteiger charge is 2.17. The Morgan fingerprint density at radius 3 is 2.50 bits per heavy atom. The van der Waals surface area contributed by atoms with Gasteiger partial charge < -0.3 is 11.1 Å². The van der Waals surface area contributed by atoms with Gasteiger partial charge in [0.1, 0.15) is 0 Å². The molecule has 1 aliphatic rings. The topological polar surface area (TPSA) is 55.1 Å². The highest BCUT2D eigenvalue weighted by molar-refractivity contribution is 5.93. The van der Waals surface area contributed by atoms with Crippen molar-refractivity contribution < 1.29 is 4.79 Å². The maximum absolute atomic E-state index is 12.3. The van der Waals surface area contributed by atoms with E-state index in [-0.39, 0.29) is 5.91 Å². The van der Waals surface area contributed by atoms with Crippen LogP contribution < -0.4 is 11.1 Å². The molecule has 3 nitrogen and oxygen atoms in total. The molecule has 1 aromatic rings. The minimum Gasteiger partial charge on any atom is -0.398 e. The summed E-state index contributed by atoms with van der Waals surface area (Å²) >= 11 is 0. The van der Waals surface area contributed by atoms with E-state index in [9.17, 15) is 4.79 Å². The second kappa shape index (κ2) is 6.78. The molecular formula is C17H26N2O. The fraction of sp³-hybridized carbons (Fsp3) is 0.588. The summed E-state index contributed by atoms with van der Waals surface area (Å²) in [5.74, 6) is 0.688. The lowest BCUT2D eigenvalue weighted by Crippen LogP contribution is -2.18. The van der Waals surface area contributed by atoms with Crippen LogP contribution in [0.4, 0.5) is 11.4 Å². The molecule has 0 radical (unpaired) electrons. The number of carbonyl (C=O) groups excluding carboxylic acids is 1. The molecule has 110 valence electrons. The highest BCUT2D eigenvalue weighted by atomic mass is 16.1. The van der Waals surface area contributed by atoms with E-state index in [0.717, 1.165) is 22.5 Å². The quantitative estimate of drug-likeness (QED) is 0.641. The lowest BCUT2D eigenvalue weighted by atomic mass is 9.96. The molecule has 1 saturated carbocycles. The average molecular weight is 274 g/mol. The number of nitrogen functional groups attached to an aromatic ring is 1. The summed E-state index contributed by atoms with van der Waals surface area (Å²) in [5, 5.41) is 3.07. The predicted molar refractivity (Wildman–Crippen MR) is 84.8 cm³/mol. The molecule has 0 spiro atoms. The van der Waals surface area contributed by atoms with Gasteiger partial charge in [0, 0.05) is 17.8 Å². The van der Waals surface area contributed by atoms with E-state index in [1.54, 1.807) is 0 Å². The Labute approximate surface area is 121 Å². The summed E-state index contributed by atoms with van der Waals surface area (Å²) < 4.78 is 0. The number of amides is 1. The molecule has 0 heterocycles. The maximum atomic E-state index is 12.3. The summed E-state index contributed by atoms with van der Waals surface area (Å²) in [4.78, 5) is 12.3. The van der Waals surface area contributed by atoms with Gasteiger partial charge in [0.15, 0.2) is 0 Å². The first kappa shape index (κ1) is 14.9. The van der Waals surface area contributed by atoms with E-state index >= 15 is 0 Å². The van der Waals surface area contributed by atoms with Crippen molar-refractivity contribution in [2.24, 2.45) is 5.92 Å². The number of hydrogen-bond acceptors (Lipinski definition) is 2. The molecule has 0 unspecified atom stereocenters. The van der Waals surface area contributed by atoms with E-state index in [0.29, 0.717) is 12.3 Å². The SMILES string of the molecule is Cc1ccc(N)c(C)c1NC(=O)CC1CCCCCC1. The maximum Gasteiger partial charge on any atom is 0.224 e. The number of nitrogens with one attached hydrogen (secondary N) is 1. The van der Waals surface area contributed by atoms with Crippen LogP contribution in [0.25, 0.3) is 0 Å². The van der Waals surface area contributed by atoms with Gasteiger partial charge >= 0.3 is 0 Å². The van der Waals surface area contributed by atoms with Gasteiger partial charge in [-0.25, -0.2) is 0 Å². The first-order chi connectivity index (χ1) is 9.58. The highest BCUT2D eigenvalue weighted by Crippen LogP contribution is 2.28. The minimum absolute atomic E-state index is 0.133. The third kappa shape index (κ3) is 3.75. The zero-order valence-corrected chi connectivity index (χ0v) is 12.7. The van der Waals surface area contributed by atoms with Crippen molar-refractivity contribution in [1.29, 1.82) is 0 Å². The smallest absolute Gasteiger partial charge is 0.224 e. The lowest BCUT2D eigenvalue weighted by molar-refractivity contribution is -0.117. The van der Waals surface area contributed by atoms with Crippen LogP contribution in [0, 0.1) is 19.8 Å². The molecule has 2 rings (SSSR count). The second-order valence-electron chi connectivity index (χ2n) is 6.08. The molecule has 0 atom stereocenters. The van der Waals surface area contributed by atoms with Crippen LogP contribution in [0.2, 0.25) is 0 Å². The summed E-state index contributed by atoms with van der Waals surface area (Å²) in [5.41, 5.74) is 9.59. The van der Waals surface area contributed by atoms with Gasteiger partial charge in [-0.3, -0.25) is 4.79 Å². The first-order valence-electron chi connectivity index (χ1n) is 7.73. The zero-order valence-electron chi connectivity index (χ0n) is 12.7. The summed E-state index contributed by atoms with van der Waals surface area (Å²) in [6.07, 6.45) is 8.23. The summed E-state index contributed by atoms with van der Waals surface area (Å²) in [6, 6.07) is 3.86. The van der Waals surface area contributed by atoms with Crippen LogP contribution in [0.3, 0.4) is 0 Å². The van der Waals surface area contributed by atoms with Crippen LogP contribution in [0.15, 0.2) is 12.1 Å². The molecule has 0 aliphatic heterocycles. The molecule has 20 heavy (non-hydrogen) atoms. The van der Waals surface area contributed by atoms with Crippen molar-refractivity contribution in [1.82, 2.24) is 0 Å². The van der Waals surface area contributed by atoms with Gasteiger partial charge in [-0.1, -0.05) is 31.7 Å². The van der Waals surface area contributed by atoms with Crippen molar-refractivity contribution in [2.75, 3.05) is 11.1 Å². The van der Waals surface area contributed by atoms with E-state index in [2.05, 4.69) is 5.32 Å². The Morgan fingerprint density at radius 1 is 1.20 bits per heavy atom. The van der Waals surface area contributed by atoms with Crippen LogP contribution in [0.1, 0.15) is 56.1 Å². The fourth-order valence-electron chi connectivity index (χ4n) is 3.08. The Morgan fingerprint density at radius 2 is 1.85 bits per heavy atom. The monoisotopic (exact) mass is 274 g/mol. The van der Waals surface area contributed by atoms with Crippen LogP contribution in [-0.4, -0.2) is 5.91 Å². The summed E-state index contributed by atoms with van der Waals surface area (Å²) in [7, 11) is 0. The number of carbonyl (C=O) groups is 1. The van der Waals surface area contributed by atoms with E-state index in [1.807, 2.05) is 26.0 Å². The fourth-order valence-corrected chi connectivity index (χ4v) is 3.08. The molecular weight excluding hydrogens is 248 g/mol. The van der Waals surface area contributed by atoms with Gasteiger partial charge in [-0.2, -0.15) is 0 Å². The minimum atomic E-state index is 0.133. The zero-order chi connectivity index (χ0) is 14.5. The Bertz CT molecular complexity index is 474. The second-order valence-corrected chi connectivity index (χ2v) is 6.08. The molecule has 0 saturated heterocycles.